The SMILES string of the molecule is COc1ccc(/C=C/C(O)=C/C(=O)/C=C/c2ccc(OC(C)(C)C(=O)Nc3ccc([N+](=O)[O-])c(C(F)(F)F)c3)c(OC)c2)cc1OC. The van der Waals surface area contributed by atoms with Gasteiger partial charge in [0, 0.05) is 17.8 Å². The van der Waals surface area contributed by atoms with E-state index in [1.54, 1.807) is 30.3 Å². The van der Waals surface area contributed by atoms with Crippen LogP contribution in [0, 0.1) is 10.1 Å². The number of halogens is 3. The van der Waals surface area contributed by atoms with Crippen molar-refractivity contribution in [2.45, 2.75) is 25.6 Å². The Bertz CT molecular complexity index is 1750. The Labute approximate surface area is 267 Å². The molecule has 0 fully saturated rings. The number of methoxy groups -OCH3 is 3. The molecule has 0 aliphatic carbocycles. The van der Waals surface area contributed by atoms with Crippen LogP contribution in [0.3, 0.4) is 0 Å². The monoisotopic (exact) mass is 656 g/mol. The summed E-state index contributed by atoms with van der Waals surface area (Å²) < 4.78 is 61.6. The lowest BCUT2D eigenvalue weighted by atomic mass is 10.1. The highest BCUT2D eigenvalue weighted by Crippen LogP contribution is 2.38. The number of allylic oxidation sites excluding steroid dienone is 3. The van der Waals surface area contributed by atoms with Gasteiger partial charge in [-0.1, -0.05) is 24.3 Å². The van der Waals surface area contributed by atoms with Crippen LogP contribution in [0.2, 0.25) is 0 Å². The molecule has 3 aromatic carbocycles. The molecule has 248 valence electrons. The average Bonchev–Trinajstić information content (AvgIpc) is 3.02. The van der Waals surface area contributed by atoms with Crippen LogP contribution < -0.4 is 24.3 Å². The maximum absolute atomic E-state index is 13.3. The van der Waals surface area contributed by atoms with Gasteiger partial charge in [0.2, 0.25) is 0 Å². The molecule has 0 spiro atoms. The van der Waals surface area contributed by atoms with E-state index in [-0.39, 0.29) is 22.9 Å². The summed E-state index contributed by atoms with van der Waals surface area (Å²) in [6, 6.07) is 11.8. The van der Waals surface area contributed by atoms with Gasteiger partial charge >= 0.3 is 6.18 Å². The van der Waals surface area contributed by atoms with E-state index >= 15 is 0 Å². The summed E-state index contributed by atoms with van der Waals surface area (Å²) in [6.45, 7) is 2.73. The Balaban J connectivity index is 1.70. The summed E-state index contributed by atoms with van der Waals surface area (Å²) in [5.74, 6) is -0.333. The lowest BCUT2D eigenvalue weighted by molar-refractivity contribution is -0.388. The molecular weight excluding hydrogens is 625 g/mol. The molecule has 0 aliphatic heterocycles. The van der Waals surface area contributed by atoms with E-state index in [1.165, 1.54) is 65.5 Å². The number of benzene rings is 3. The smallest absolute Gasteiger partial charge is 0.423 e. The third-order valence-corrected chi connectivity index (χ3v) is 6.44. The second kappa shape index (κ2) is 15.0. The van der Waals surface area contributed by atoms with Crippen molar-refractivity contribution in [1.82, 2.24) is 0 Å². The van der Waals surface area contributed by atoms with Crippen LogP contribution in [0.25, 0.3) is 12.2 Å². The zero-order valence-electron chi connectivity index (χ0n) is 25.9. The highest BCUT2D eigenvalue weighted by atomic mass is 19.4. The first-order valence-corrected chi connectivity index (χ1v) is 13.6. The van der Waals surface area contributed by atoms with E-state index in [1.807, 2.05) is 0 Å². The van der Waals surface area contributed by atoms with Crippen molar-refractivity contribution in [2.24, 2.45) is 0 Å². The van der Waals surface area contributed by atoms with E-state index < -0.39 is 39.6 Å². The zero-order chi connectivity index (χ0) is 34.9. The molecule has 0 atom stereocenters. The summed E-state index contributed by atoms with van der Waals surface area (Å²) in [4.78, 5) is 35.2. The van der Waals surface area contributed by atoms with Crippen LogP contribution in [0.1, 0.15) is 30.5 Å². The highest BCUT2D eigenvalue weighted by Gasteiger charge is 2.39. The summed E-state index contributed by atoms with van der Waals surface area (Å²) in [5, 5.41) is 23.5. The molecule has 0 unspecified atom stereocenters. The number of ether oxygens (including phenoxy) is 4. The van der Waals surface area contributed by atoms with E-state index in [9.17, 15) is 38.0 Å². The minimum absolute atomic E-state index is 0.105. The van der Waals surface area contributed by atoms with Crippen LogP contribution in [0.5, 0.6) is 23.0 Å². The van der Waals surface area contributed by atoms with Crippen LogP contribution in [0.4, 0.5) is 24.5 Å². The van der Waals surface area contributed by atoms with Crippen molar-refractivity contribution in [3.05, 3.63) is 105 Å². The normalized spacial score (nSPS) is 12.2. The first-order chi connectivity index (χ1) is 22.1. The van der Waals surface area contributed by atoms with E-state index in [4.69, 9.17) is 18.9 Å². The number of nitro benzene ring substituents is 1. The largest absolute Gasteiger partial charge is 0.508 e. The third kappa shape index (κ3) is 9.60. The Morgan fingerprint density at radius 3 is 1.94 bits per heavy atom. The van der Waals surface area contributed by atoms with Crippen molar-refractivity contribution in [3.8, 4) is 23.0 Å². The predicted molar refractivity (Wildman–Crippen MR) is 168 cm³/mol. The number of ketones is 1. The summed E-state index contributed by atoms with van der Waals surface area (Å²) in [6.07, 6.45) is 1.60. The van der Waals surface area contributed by atoms with Gasteiger partial charge in [-0.25, -0.2) is 0 Å². The molecule has 0 radical (unpaired) electrons. The standard InChI is InChI=1S/C33H31F3N2O9/c1-32(2,31(41)37-22-10-13-26(38(42)43)25(18-22)33(34,35)36)47-28-15-9-21(17-30(28)46-5)7-12-24(40)19-23(39)11-6-20-8-14-27(44-3)29(16-20)45-4/h6-19,39H,1-5H3,(H,37,41)/b11-6+,12-7+,23-19-. The number of rotatable bonds is 13. The van der Waals surface area contributed by atoms with Crippen LogP contribution in [-0.4, -0.2) is 48.7 Å². The van der Waals surface area contributed by atoms with Gasteiger partial charge in [-0.05, 0) is 73.5 Å². The summed E-state index contributed by atoms with van der Waals surface area (Å²) in [5.41, 5.74) is -3.43. The fourth-order valence-electron chi connectivity index (χ4n) is 4.03. The molecule has 0 aromatic heterocycles. The lowest BCUT2D eigenvalue weighted by Gasteiger charge is -2.26. The van der Waals surface area contributed by atoms with Crippen LogP contribution in [-0.2, 0) is 15.8 Å². The van der Waals surface area contributed by atoms with E-state index in [2.05, 4.69) is 5.32 Å². The topological polar surface area (TPSA) is 146 Å². The number of carbonyl (C=O) groups is 2. The van der Waals surface area contributed by atoms with E-state index in [0.717, 1.165) is 12.1 Å². The number of anilines is 1. The van der Waals surface area contributed by atoms with Crippen LogP contribution in [0.15, 0.2) is 78.6 Å². The van der Waals surface area contributed by atoms with Gasteiger partial charge in [0.1, 0.15) is 11.3 Å². The van der Waals surface area contributed by atoms with Gasteiger partial charge in [0.15, 0.2) is 34.4 Å². The number of alkyl halides is 3. The number of hydrogen-bond donors (Lipinski definition) is 2. The Morgan fingerprint density at radius 2 is 1.38 bits per heavy atom. The highest BCUT2D eigenvalue weighted by molar-refractivity contribution is 6.02. The van der Waals surface area contributed by atoms with Gasteiger partial charge in [-0.15, -0.1) is 0 Å². The molecule has 1 amide bonds. The molecule has 0 bridgehead atoms. The number of amides is 1. The van der Waals surface area contributed by atoms with Gasteiger partial charge in [0.05, 0.1) is 26.3 Å². The molecular formula is C33H31F3N2O9. The van der Waals surface area contributed by atoms with Gasteiger partial charge in [0.25, 0.3) is 11.6 Å². The summed E-state index contributed by atoms with van der Waals surface area (Å²) >= 11 is 0. The lowest BCUT2D eigenvalue weighted by Crippen LogP contribution is -2.42. The predicted octanol–water partition coefficient (Wildman–Crippen LogP) is 7.17. The van der Waals surface area contributed by atoms with Gasteiger partial charge in [-0.3, -0.25) is 19.7 Å². The Kier molecular flexibility index (Phi) is 11.4. The Hall–Kier alpha value is -5.79. The molecule has 3 rings (SSSR count). The van der Waals surface area contributed by atoms with E-state index in [0.29, 0.717) is 34.8 Å². The number of nitrogens with one attached hydrogen (secondary N) is 1. The van der Waals surface area contributed by atoms with Crippen molar-refractivity contribution in [2.75, 3.05) is 26.6 Å². The van der Waals surface area contributed by atoms with Gasteiger partial charge in [-0.2, -0.15) is 13.2 Å². The molecule has 0 saturated carbocycles. The van der Waals surface area contributed by atoms with Crippen molar-refractivity contribution >= 4 is 35.2 Å². The molecule has 14 heteroatoms. The molecule has 11 nitrogen and oxygen atoms in total. The van der Waals surface area contributed by atoms with Crippen molar-refractivity contribution < 1.29 is 51.7 Å². The fourth-order valence-corrected chi connectivity index (χ4v) is 4.03. The number of nitro groups is 1. The molecule has 3 aromatic rings. The average molecular weight is 657 g/mol. The Morgan fingerprint density at radius 1 is 0.830 bits per heavy atom. The minimum Gasteiger partial charge on any atom is -0.508 e. The van der Waals surface area contributed by atoms with Gasteiger partial charge < -0.3 is 29.4 Å². The third-order valence-electron chi connectivity index (χ3n) is 6.44. The number of hydrogen-bond acceptors (Lipinski definition) is 9. The second-order valence-electron chi connectivity index (χ2n) is 10.2. The van der Waals surface area contributed by atoms with Crippen LogP contribution >= 0.6 is 0 Å². The molecule has 47 heavy (non-hydrogen) atoms. The maximum Gasteiger partial charge on any atom is 0.423 e. The second-order valence-corrected chi connectivity index (χ2v) is 10.2. The first kappa shape index (κ1) is 35.7. The fraction of sp³-hybridized carbons (Fsp3) is 0.212. The molecule has 0 saturated heterocycles. The minimum atomic E-state index is -5.02. The zero-order valence-corrected chi connectivity index (χ0v) is 25.9. The molecule has 2 N–H and O–H groups in total. The quantitative estimate of drug-likeness (QED) is 0.0642. The summed E-state index contributed by atoms with van der Waals surface area (Å²) in [7, 11) is 4.35. The number of aliphatic hydroxyl groups is 1. The molecule has 0 heterocycles. The number of nitrogens with zero attached hydrogens (tertiary/aromatic N) is 1. The maximum atomic E-state index is 13.3. The van der Waals surface area contributed by atoms with Crippen molar-refractivity contribution in [1.29, 1.82) is 0 Å². The van der Waals surface area contributed by atoms with Crippen molar-refractivity contribution in [3.63, 3.8) is 0 Å². The number of aliphatic hydroxyl groups excluding tert-OH is 1. The first-order valence-electron chi connectivity index (χ1n) is 13.6. The molecule has 0 aliphatic rings. The number of carbonyl (C=O) groups excluding carboxylic acids is 2.